The highest BCUT2D eigenvalue weighted by atomic mass is 32.2. The SMILES string of the molecule is N=C(N)c1cccc(CC(NS(=O)(=O)c2cccc(NC(=O)c3cc4nccnc4s3)c2)c2nc3ccccc3s2)c1. The van der Waals surface area contributed by atoms with Crippen LogP contribution in [-0.2, 0) is 16.4 Å². The number of nitrogens with zero attached hydrogens (tertiary/aromatic N) is 3. The quantitative estimate of drug-likeness (QED) is 0.130. The van der Waals surface area contributed by atoms with Gasteiger partial charge in [0.2, 0.25) is 10.0 Å². The number of benzene rings is 3. The van der Waals surface area contributed by atoms with E-state index in [-0.39, 0.29) is 23.1 Å². The van der Waals surface area contributed by atoms with Crippen molar-refractivity contribution in [2.24, 2.45) is 5.73 Å². The van der Waals surface area contributed by atoms with Crippen molar-refractivity contribution in [1.82, 2.24) is 19.7 Å². The third-order valence-corrected chi connectivity index (χ3v) is 10.0. The van der Waals surface area contributed by atoms with Crippen molar-refractivity contribution in [3.8, 4) is 0 Å². The lowest BCUT2D eigenvalue weighted by Crippen LogP contribution is -2.30. The molecule has 210 valence electrons. The van der Waals surface area contributed by atoms with Crippen LogP contribution in [0.2, 0.25) is 0 Å². The van der Waals surface area contributed by atoms with E-state index in [1.165, 1.54) is 34.8 Å². The molecular formula is C29H23N7O3S3. The second-order valence-electron chi connectivity index (χ2n) is 9.35. The predicted octanol–water partition coefficient (Wildman–Crippen LogP) is 5.10. The van der Waals surface area contributed by atoms with Gasteiger partial charge in [-0.05, 0) is 54.4 Å². The molecule has 42 heavy (non-hydrogen) atoms. The lowest BCUT2D eigenvalue weighted by Gasteiger charge is -2.18. The van der Waals surface area contributed by atoms with Gasteiger partial charge in [-0.25, -0.2) is 23.1 Å². The largest absolute Gasteiger partial charge is 0.384 e. The van der Waals surface area contributed by atoms with Crippen molar-refractivity contribution in [3.05, 3.63) is 112 Å². The maximum Gasteiger partial charge on any atom is 0.265 e. The number of fused-ring (bicyclic) bond motifs is 2. The molecule has 0 fully saturated rings. The second-order valence-corrected chi connectivity index (χ2v) is 13.2. The summed E-state index contributed by atoms with van der Waals surface area (Å²) in [5.41, 5.74) is 8.74. The van der Waals surface area contributed by atoms with Gasteiger partial charge in [0.25, 0.3) is 5.91 Å². The molecule has 0 bridgehead atoms. The summed E-state index contributed by atoms with van der Waals surface area (Å²) in [4.78, 5) is 27.1. The minimum atomic E-state index is -4.05. The zero-order valence-electron chi connectivity index (χ0n) is 21.8. The minimum Gasteiger partial charge on any atom is -0.384 e. The number of nitrogens with one attached hydrogen (secondary N) is 3. The Kier molecular flexibility index (Phi) is 7.47. The van der Waals surface area contributed by atoms with Crippen molar-refractivity contribution in [3.63, 3.8) is 0 Å². The first kappa shape index (κ1) is 27.6. The van der Waals surface area contributed by atoms with Gasteiger partial charge >= 0.3 is 0 Å². The lowest BCUT2D eigenvalue weighted by atomic mass is 10.0. The van der Waals surface area contributed by atoms with Gasteiger partial charge < -0.3 is 11.1 Å². The standard InChI is InChI=1S/C29H23N7O3S3/c30-26(31)18-6-3-5-17(13-18)14-23(29-35-21-9-1-2-10-24(21)40-29)36-42(38,39)20-8-4-7-19(15-20)34-27(37)25-16-22-28(41-25)33-12-11-32-22/h1-13,15-16,23,36H,14H2,(H3,30,31)(H,34,37). The molecule has 0 radical (unpaired) electrons. The highest BCUT2D eigenvalue weighted by Gasteiger charge is 2.25. The number of amides is 1. The molecule has 13 heteroatoms. The van der Waals surface area contributed by atoms with E-state index in [9.17, 15) is 13.2 Å². The van der Waals surface area contributed by atoms with Crippen molar-refractivity contribution in [2.45, 2.75) is 17.4 Å². The highest BCUT2D eigenvalue weighted by molar-refractivity contribution is 7.89. The van der Waals surface area contributed by atoms with E-state index >= 15 is 0 Å². The van der Waals surface area contributed by atoms with Crippen molar-refractivity contribution in [1.29, 1.82) is 5.41 Å². The number of anilines is 1. The zero-order valence-corrected chi connectivity index (χ0v) is 24.3. The highest BCUT2D eigenvalue weighted by Crippen LogP contribution is 2.30. The van der Waals surface area contributed by atoms with Crippen LogP contribution in [0, 0.1) is 5.41 Å². The van der Waals surface area contributed by atoms with E-state index in [4.69, 9.17) is 16.1 Å². The van der Waals surface area contributed by atoms with Crippen LogP contribution in [0.4, 0.5) is 5.69 Å². The van der Waals surface area contributed by atoms with Crippen LogP contribution in [-0.4, -0.2) is 35.1 Å². The van der Waals surface area contributed by atoms with Crippen LogP contribution in [0.5, 0.6) is 0 Å². The molecule has 6 rings (SSSR count). The Labute approximate surface area is 248 Å². The van der Waals surface area contributed by atoms with Crippen molar-refractivity contribution in [2.75, 3.05) is 5.32 Å². The van der Waals surface area contributed by atoms with Crippen LogP contribution in [0.15, 0.2) is 96.2 Å². The summed E-state index contributed by atoms with van der Waals surface area (Å²) in [6, 6.07) is 21.8. The number of para-hydroxylation sites is 1. The van der Waals surface area contributed by atoms with Gasteiger partial charge in [-0.1, -0.05) is 36.4 Å². The zero-order chi connectivity index (χ0) is 29.3. The first-order valence-corrected chi connectivity index (χ1v) is 15.8. The van der Waals surface area contributed by atoms with E-state index < -0.39 is 16.1 Å². The Balaban J connectivity index is 1.28. The Morgan fingerprint density at radius 1 is 0.929 bits per heavy atom. The van der Waals surface area contributed by atoms with Gasteiger partial charge in [-0.3, -0.25) is 15.2 Å². The summed E-state index contributed by atoms with van der Waals surface area (Å²) in [6.45, 7) is 0. The van der Waals surface area contributed by atoms with Crippen molar-refractivity contribution >= 4 is 70.7 Å². The number of rotatable bonds is 9. The molecule has 0 aliphatic rings. The number of amidine groups is 1. The first-order valence-electron chi connectivity index (χ1n) is 12.7. The number of aromatic nitrogens is 3. The summed E-state index contributed by atoms with van der Waals surface area (Å²) < 4.78 is 31.2. The molecular weight excluding hydrogens is 591 g/mol. The molecule has 10 nitrogen and oxygen atoms in total. The molecule has 3 aromatic carbocycles. The van der Waals surface area contributed by atoms with Crippen LogP contribution < -0.4 is 15.8 Å². The van der Waals surface area contributed by atoms with Crippen LogP contribution in [0.1, 0.15) is 31.8 Å². The van der Waals surface area contributed by atoms with E-state index in [1.807, 2.05) is 30.3 Å². The van der Waals surface area contributed by atoms with Gasteiger partial charge in [0.15, 0.2) is 0 Å². The third-order valence-electron chi connectivity index (χ3n) is 6.38. The van der Waals surface area contributed by atoms with Gasteiger partial charge in [0.05, 0.1) is 26.0 Å². The minimum absolute atomic E-state index is 0.0106. The molecule has 0 saturated carbocycles. The molecule has 0 aliphatic carbocycles. The third kappa shape index (κ3) is 5.90. The fourth-order valence-corrected chi connectivity index (χ4v) is 7.58. The number of carbonyl (C=O) groups excluding carboxylic acids is 1. The van der Waals surface area contributed by atoms with Crippen LogP contribution >= 0.6 is 22.7 Å². The Morgan fingerprint density at radius 3 is 2.55 bits per heavy atom. The fraction of sp³-hybridized carbons (Fsp3) is 0.0690. The molecule has 0 saturated heterocycles. The number of nitrogens with two attached hydrogens (primary N) is 1. The number of nitrogen functional groups attached to an aromatic ring is 1. The summed E-state index contributed by atoms with van der Waals surface area (Å²) in [6.07, 6.45) is 3.40. The molecule has 1 unspecified atom stereocenters. The topological polar surface area (TPSA) is 164 Å². The van der Waals surface area contributed by atoms with E-state index in [2.05, 4.69) is 20.0 Å². The smallest absolute Gasteiger partial charge is 0.265 e. The molecule has 1 amide bonds. The Morgan fingerprint density at radius 2 is 1.74 bits per heavy atom. The van der Waals surface area contributed by atoms with Gasteiger partial charge in [0.1, 0.15) is 21.2 Å². The summed E-state index contributed by atoms with van der Waals surface area (Å²) in [5.74, 6) is -0.462. The number of thiophene rings is 1. The molecule has 0 aliphatic heterocycles. The normalized spacial score (nSPS) is 12.4. The Bertz CT molecular complexity index is 2010. The summed E-state index contributed by atoms with van der Waals surface area (Å²) in [5, 5.41) is 11.2. The van der Waals surface area contributed by atoms with Gasteiger partial charge in [-0.2, -0.15) is 0 Å². The predicted molar refractivity (Wildman–Crippen MR) is 166 cm³/mol. The van der Waals surface area contributed by atoms with Gasteiger partial charge in [-0.15, -0.1) is 22.7 Å². The fourth-order valence-electron chi connectivity index (χ4n) is 4.39. The number of hydrogen-bond acceptors (Lipinski definition) is 9. The maximum absolute atomic E-state index is 13.7. The maximum atomic E-state index is 13.7. The first-order chi connectivity index (χ1) is 20.2. The molecule has 6 aromatic rings. The lowest BCUT2D eigenvalue weighted by molar-refractivity contribution is 0.103. The molecule has 1 atom stereocenters. The number of carbonyl (C=O) groups is 1. The number of sulfonamides is 1. The van der Waals surface area contributed by atoms with Gasteiger partial charge in [0, 0.05) is 23.6 Å². The molecule has 0 spiro atoms. The molecule has 3 heterocycles. The summed E-state index contributed by atoms with van der Waals surface area (Å²) >= 11 is 2.61. The van der Waals surface area contributed by atoms with Crippen LogP contribution in [0.3, 0.4) is 0 Å². The Hall–Kier alpha value is -4.56. The molecule has 3 aromatic heterocycles. The average molecular weight is 614 g/mol. The van der Waals surface area contributed by atoms with E-state index in [0.717, 1.165) is 15.8 Å². The van der Waals surface area contributed by atoms with Crippen LogP contribution in [0.25, 0.3) is 20.6 Å². The van der Waals surface area contributed by atoms with E-state index in [0.29, 0.717) is 31.5 Å². The summed E-state index contributed by atoms with van der Waals surface area (Å²) in [7, 11) is -4.05. The second kappa shape index (κ2) is 11.4. The number of thiazole rings is 1. The molecule has 5 N–H and O–H groups in total. The monoisotopic (exact) mass is 613 g/mol. The van der Waals surface area contributed by atoms with Crippen molar-refractivity contribution < 1.29 is 13.2 Å². The number of hydrogen-bond donors (Lipinski definition) is 4. The average Bonchev–Trinajstić information content (AvgIpc) is 3.62. The van der Waals surface area contributed by atoms with E-state index in [1.54, 1.807) is 48.8 Å².